The number of carbonyl (C=O) groups excluding carboxylic acids is 2. The zero-order valence-electron chi connectivity index (χ0n) is 22.2. The maximum atomic E-state index is 13.7. The van der Waals surface area contributed by atoms with Gasteiger partial charge in [0.25, 0.3) is 0 Å². The maximum absolute atomic E-state index is 13.7. The summed E-state index contributed by atoms with van der Waals surface area (Å²) >= 11 is 0. The highest BCUT2D eigenvalue weighted by molar-refractivity contribution is 6.69. The van der Waals surface area contributed by atoms with Crippen molar-refractivity contribution in [2.45, 2.75) is 111 Å². The van der Waals surface area contributed by atoms with Crippen molar-refractivity contribution in [1.82, 2.24) is 0 Å². The Hall–Kier alpha value is -0.683. The molecule has 0 aliphatic heterocycles. The molecule has 5 heteroatoms. The second kappa shape index (κ2) is 9.08. The number of carbonyl (C=O) groups is 2. The van der Waals surface area contributed by atoms with E-state index < -0.39 is 8.32 Å². The van der Waals surface area contributed by atoms with Gasteiger partial charge in [0.2, 0.25) is 0 Å². The summed E-state index contributed by atoms with van der Waals surface area (Å²) in [6.45, 7) is 14.2. The molecule has 9 atom stereocenters. The summed E-state index contributed by atoms with van der Waals surface area (Å²) < 4.78 is 11.4. The van der Waals surface area contributed by atoms with Crippen LogP contribution in [0.3, 0.4) is 0 Å². The van der Waals surface area contributed by atoms with Gasteiger partial charge in [-0.1, -0.05) is 20.8 Å². The van der Waals surface area contributed by atoms with Crippen LogP contribution in [0.2, 0.25) is 19.6 Å². The fourth-order valence-corrected chi connectivity index (χ4v) is 10.3. The number of ether oxygens (including phenoxy) is 1. The van der Waals surface area contributed by atoms with E-state index in [1.54, 1.807) is 0 Å². The van der Waals surface area contributed by atoms with Crippen molar-refractivity contribution >= 4 is 20.1 Å². The predicted octanol–water partition coefficient (Wildman–Crippen LogP) is 6.63. The summed E-state index contributed by atoms with van der Waals surface area (Å²) in [5.41, 5.74) is 0.543. The molecule has 4 aliphatic rings. The second-order valence-corrected chi connectivity index (χ2v) is 18.0. The Morgan fingerprint density at radius 1 is 1.06 bits per heavy atom. The van der Waals surface area contributed by atoms with E-state index in [1.807, 2.05) is 0 Å². The smallest absolute Gasteiger partial charge is 0.305 e. The molecule has 188 valence electrons. The molecule has 0 radical (unpaired) electrons. The molecule has 4 rings (SSSR count). The van der Waals surface area contributed by atoms with Gasteiger partial charge in [-0.15, -0.1) is 0 Å². The molecule has 4 aliphatic carbocycles. The molecule has 4 fully saturated rings. The fourth-order valence-electron chi connectivity index (χ4n) is 9.12. The van der Waals surface area contributed by atoms with E-state index in [0.717, 1.165) is 19.3 Å². The number of esters is 1. The van der Waals surface area contributed by atoms with Gasteiger partial charge in [0.1, 0.15) is 5.78 Å². The van der Waals surface area contributed by atoms with Gasteiger partial charge in [-0.3, -0.25) is 9.59 Å². The molecule has 6 unspecified atom stereocenters. The Kier molecular flexibility index (Phi) is 6.99. The van der Waals surface area contributed by atoms with Gasteiger partial charge < -0.3 is 9.16 Å². The zero-order valence-corrected chi connectivity index (χ0v) is 23.2. The molecule has 0 saturated heterocycles. The molecule has 0 bridgehead atoms. The maximum Gasteiger partial charge on any atom is 0.305 e. The highest BCUT2D eigenvalue weighted by Crippen LogP contribution is 2.67. The lowest BCUT2D eigenvalue weighted by atomic mass is 9.44. The number of fused-ring (bicyclic) bond motifs is 5. The van der Waals surface area contributed by atoms with Gasteiger partial charge >= 0.3 is 5.97 Å². The van der Waals surface area contributed by atoms with E-state index >= 15 is 0 Å². The van der Waals surface area contributed by atoms with Gasteiger partial charge in [0, 0.05) is 24.9 Å². The van der Waals surface area contributed by atoms with Gasteiger partial charge in [-0.05, 0) is 111 Å². The number of methoxy groups -OCH3 is 1. The fraction of sp³-hybridized carbons (Fsp3) is 0.929. The van der Waals surface area contributed by atoms with Crippen molar-refractivity contribution in [3.8, 4) is 0 Å². The first kappa shape index (κ1) is 25.4. The number of hydrogen-bond acceptors (Lipinski definition) is 4. The van der Waals surface area contributed by atoms with E-state index in [-0.39, 0.29) is 17.3 Å². The van der Waals surface area contributed by atoms with Crippen molar-refractivity contribution in [2.24, 2.45) is 46.3 Å². The molecule has 4 nitrogen and oxygen atoms in total. The molecule has 4 saturated carbocycles. The molecule has 0 spiro atoms. The van der Waals surface area contributed by atoms with Crippen LogP contribution in [-0.4, -0.2) is 33.3 Å². The second-order valence-electron chi connectivity index (χ2n) is 13.6. The average molecular weight is 477 g/mol. The van der Waals surface area contributed by atoms with Crippen LogP contribution in [0.25, 0.3) is 0 Å². The molecule has 0 aromatic rings. The third kappa shape index (κ3) is 4.62. The Morgan fingerprint density at radius 2 is 1.73 bits per heavy atom. The van der Waals surface area contributed by atoms with Crippen molar-refractivity contribution in [2.75, 3.05) is 7.11 Å². The largest absolute Gasteiger partial charge is 0.469 e. The molecule has 0 aromatic carbocycles. The lowest BCUT2D eigenvalue weighted by Gasteiger charge is -2.60. The summed E-state index contributed by atoms with van der Waals surface area (Å²) in [7, 11) is -0.0731. The number of Topliss-reactive ketones (excluding diaryl/α,β-unsaturated/α-hetero) is 1. The molecule has 0 N–H and O–H groups in total. The summed E-state index contributed by atoms with van der Waals surface area (Å²) in [6.07, 6.45) is 10.9. The quantitative estimate of drug-likeness (QED) is 0.319. The summed E-state index contributed by atoms with van der Waals surface area (Å²) in [5, 5.41) is 0. The van der Waals surface area contributed by atoms with Crippen LogP contribution in [0.1, 0.15) is 85.0 Å². The normalized spacial score (nSPS) is 43.9. The number of hydrogen-bond donors (Lipinski definition) is 0. The van der Waals surface area contributed by atoms with Gasteiger partial charge in [0.05, 0.1) is 7.11 Å². The first-order valence-corrected chi connectivity index (χ1v) is 17.1. The lowest BCUT2D eigenvalue weighted by molar-refractivity contribution is -0.160. The number of ketones is 1. The summed E-state index contributed by atoms with van der Waals surface area (Å²) in [6, 6.07) is 0. The molecule has 33 heavy (non-hydrogen) atoms. The monoisotopic (exact) mass is 476 g/mol. The Balaban J connectivity index is 1.49. The van der Waals surface area contributed by atoms with E-state index in [9.17, 15) is 9.59 Å². The standard InChI is InChI=1S/C28H48O4Si/c1-18(8-11-25(30)31-4)21-9-10-22-26-23(13-15-28(21,22)3)27(2)14-12-20(32-33(5,6)7)16-19(27)17-24(26)29/h18-23,26H,8-17H2,1-7H3/t18?,19?,20-,21?,22?,23?,26?,27+,28-/m1/s1. The van der Waals surface area contributed by atoms with E-state index in [4.69, 9.17) is 9.16 Å². The molecular formula is C28H48O4Si. The minimum atomic E-state index is -1.55. The summed E-state index contributed by atoms with van der Waals surface area (Å²) in [4.78, 5) is 25.5. The molecular weight excluding hydrogens is 428 g/mol. The van der Waals surface area contributed by atoms with Crippen molar-refractivity contribution in [3.05, 3.63) is 0 Å². The van der Waals surface area contributed by atoms with Gasteiger partial charge in [-0.2, -0.15) is 0 Å². The van der Waals surface area contributed by atoms with Gasteiger partial charge in [0.15, 0.2) is 8.32 Å². The molecule has 0 heterocycles. The predicted molar refractivity (Wildman–Crippen MR) is 134 cm³/mol. The Morgan fingerprint density at radius 3 is 2.39 bits per heavy atom. The van der Waals surface area contributed by atoms with Crippen LogP contribution in [0.5, 0.6) is 0 Å². The van der Waals surface area contributed by atoms with E-state index in [0.29, 0.717) is 53.3 Å². The first-order valence-electron chi connectivity index (χ1n) is 13.7. The van der Waals surface area contributed by atoms with E-state index in [1.165, 1.54) is 45.6 Å². The average Bonchev–Trinajstić information content (AvgIpc) is 3.09. The van der Waals surface area contributed by atoms with Crippen molar-refractivity contribution in [3.63, 3.8) is 0 Å². The van der Waals surface area contributed by atoms with E-state index in [2.05, 4.69) is 40.4 Å². The minimum Gasteiger partial charge on any atom is -0.469 e. The summed E-state index contributed by atoms with van der Waals surface area (Å²) in [5.74, 6) is 3.44. The molecule has 0 aromatic heterocycles. The van der Waals surface area contributed by atoms with Crippen LogP contribution in [0.15, 0.2) is 0 Å². The van der Waals surface area contributed by atoms with Crippen LogP contribution < -0.4 is 0 Å². The Labute approximate surface area is 203 Å². The third-order valence-electron chi connectivity index (χ3n) is 10.7. The third-order valence-corrected chi connectivity index (χ3v) is 11.8. The SMILES string of the molecule is COC(=O)CCC(C)C1CCC2C3C(=O)CC4C[C@H](O[Si](C)(C)C)CC[C@]4(C)C3CC[C@]12C. The van der Waals surface area contributed by atoms with Crippen molar-refractivity contribution in [1.29, 1.82) is 0 Å². The Bertz CT molecular complexity index is 759. The zero-order chi connectivity index (χ0) is 24.2. The van der Waals surface area contributed by atoms with Crippen molar-refractivity contribution < 1.29 is 18.8 Å². The van der Waals surface area contributed by atoms with Gasteiger partial charge in [-0.25, -0.2) is 0 Å². The van der Waals surface area contributed by atoms with Crippen LogP contribution >= 0.6 is 0 Å². The topological polar surface area (TPSA) is 52.6 Å². The molecule has 0 amide bonds. The van der Waals surface area contributed by atoms with Crippen LogP contribution in [0, 0.1) is 46.3 Å². The van der Waals surface area contributed by atoms with Crippen LogP contribution in [-0.2, 0) is 18.8 Å². The minimum absolute atomic E-state index is 0.0969. The highest BCUT2D eigenvalue weighted by atomic mass is 28.4. The first-order chi connectivity index (χ1) is 15.4. The van der Waals surface area contributed by atoms with Crippen LogP contribution in [0.4, 0.5) is 0 Å². The lowest BCUT2D eigenvalue weighted by Crippen LogP contribution is -2.57. The number of rotatable bonds is 6. The highest BCUT2D eigenvalue weighted by Gasteiger charge is 2.63.